The van der Waals surface area contributed by atoms with Crippen molar-refractivity contribution in [1.29, 1.82) is 0 Å². The molecular weight excluding hydrogens is 396 g/mol. The van der Waals surface area contributed by atoms with E-state index in [4.69, 9.17) is 4.98 Å². The highest BCUT2D eigenvalue weighted by Gasteiger charge is 2.22. The Kier molecular flexibility index (Phi) is 7.18. The normalized spacial score (nSPS) is 12.2. The van der Waals surface area contributed by atoms with Crippen molar-refractivity contribution < 1.29 is 9.59 Å². The number of nitrogens with zero attached hydrogens (tertiary/aromatic N) is 2. The molecule has 0 saturated heterocycles. The molecule has 0 aliphatic rings. The van der Waals surface area contributed by atoms with E-state index in [0.29, 0.717) is 13.1 Å². The minimum Gasteiger partial charge on any atom is -0.355 e. The van der Waals surface area contributed by atoms with Gasteiger partial charge in [0.25, 0.3) is 0 Å². The molecule has 0 saturated carbocycles. The van der Waals surface area contributed by atoms with Crippen molar-refractivity contribution in [2.24, 2.45) is 0 Å². The molecule has 2 aromatic carbocycles. The first-order chi connectivity index (χ1) is 14.4. The van der Waals surface area contributed by atoms with Gasteiger partial charge in [0.1, 0.15) is 5.01 Å². The lowest BCUT2D eigenvalue weighted by molar-refractivity contribution is -0.125. The van der Waals surface area contributed by atoms with Crippen molar-refractivity contribution in [3.8, 4) is 10.6 Å². The maximum Gasteiger partial charge on any atom is 0.241 e. The van der Waals surface area contributed by atoms with Crippen LogP contribution in [0.3, 0.4) is 0 Å². The van der Waals surface area contributed by atoms with E-state index >= 15 is 0 Å². The zero-order valence-electron chi connectivity index (χ0n) is 17.9. The van der Waals surface area contributed by atoms with Crippen LogP contribution in [-0.4, -0.2) is 47.4 Å². The molecule has 7 heteroatoms. The number of amides is 2. The number of likely N-dealkylation sites (N-methyl/N-ethyl adjacent to an activating group) is 2. The van der Waals surface area contributed by atoms with Gasteiger partial charge in [0.05, 0.1) is 22.8 Å². The molecule has 1 heterocycles. The smallest absolute Gasteiger partial charge is 0.241 e. The van der Waals surface area contributed by atoms with Gasteiger partial charge in [-0.1, -0.05) is 13.0 Å². The Labute approximate surface area is 181 Å². The number of thiazole rings is 1. The van der Waals surface area contributed by atoms with Crippen LogP contribution >= 0.6 is 11.3 Å². The van der Waals surface area contributed by atoms with Crippen molar-refractivity contribution in [2.45, 2.75) is 33.7 Å². The molecule has 3 rings (SSSR count). The van der Waals surface area contributed by atoms with Crippen LogP contribution in [0.5, 0.6) is 0 Å². The largest absolute Gasteiger partial charge is 0.355 e. The number of nitrogens with one attached hydrogen (secondary N) is 2. The quantitative estimate of drug-likeness (QED) is 0.572. The van der Waals surface area contributed by atoms with Crippen LogP contribution in [-0.2, 0) is 9.59 Å². The molecule has 0 aliphatic carbocycles. The van der Waals surface area contributed by atoms with Gasteiger partial charge in [-0.15, -0.1) is 11.3 Å². The van der Waals surface area contributed by atoms with Gasteiger partial charge in [-0.05, 0) is 69.3 Å². The maximum atomic E-state index is 12.7. The molecule has 158 valence electrons. The number of aromatic nitrogens is 1. The van der Waals surface area contributed by atoms with Gasteiger partial charge >= 0.3 is 0 Å². The van der Waals surface area contributed by atoms with Crippen molar-refractivity contribution >= 4 is 39.1 Å². The summed E-state index contributed by atoms with van der Waals surface area (Å²) in [7, 11) is 0. The van der Waals surface area contributed by atoms with E-state index in [1.807, 2.05) is 56.0 Å². The van der Waals surface area contributed by atoms with Crippen LogP contribution in [0.25, 0.3) is 20.8 Å². The molecule has 2 amide bonds. The van der Waals surface area contributed by atoms with Crippen molar-refractivity contribution in [3.63, 3.8) is 0 Å². The number of rotatable bonds is 8. The molecule has 2 N–H and O–H groups in total. The minimum atomic E-state index is -0.412. The molecule has 30 heavy (non-hydrogen) atoms. The zero-order valence-corrected chi connectivity index (χ0v) is 18.7. The topological polar surface area (TPSA) is 74.3 Å². The predicted octanol–water partition coefficient (Wildman–Crippen LogP) is 4.06. The molecule has 0 aliphatic heterocycles. The molecule has 0 bridgehead atoms. The summed E-state index contributed by atoms with van der Waals surface area (Å²) in [5, 5.41) is 6.68. The fraction of sp³-hybridized carbons (Fsp3) is 0.348. The van der Waals surface area contributed by atoms with Crippen molar-refractivity contribution in [1.82, 2.24) is 15.2 Å². The number of anilines is 1. The van der Waals surface area contributed by atoms with Crippen LogP contribution in [0, 0.1) is 6.92 Å². The van der Waals surface area contributed by atoms with Gasteiger partial charge < -0.3 is 10.6 Å². The molecule has 0 fully saturated rings. The Balaban J connectivity index is 1.66. The predicted molar refractivity (Wildman–Crippen MR) is 124 cm³/mol. The van der Waals surface area contributed by atoms with Crippen LogP contribution in [0.1, 0.15) is 26.3 Å². The molecule has 6 nitrogen and oxygen atoms in total. The first kappa shape index (κ1) is 21.9. The van der Waals surface area contributed by atoms with E-state index in [2.05, 4.69) is 29.7 Å². The Morgan fingerprint density at radius 3 is 2.53 bits per heavy atom. The lowest BCUT2D eigenvalue weighted by Gasteiger charge is -2.26. The number of aryl methyl sites for hydroxylation is 1. The van der Waals surface area contributed by atoms with Gasteiger partial charge in [-0.2, -0.15) is 0 Å². The second-order valence-corrected chi connectivity index (χ2v) is 8.28. The van der Waals surface area contributed by atoms with E-state index in [9.17, 15) is 9.59 Å². The fourth-order valence-electron chi connectivity index (χ4n) is 3.22. The molecule has 0 spiro atoms. The summed E-state index contributed by atoms with van der Waals surface area (Å²) in [6.07, 6.45) is 0. The zero-order chi connectivity index (χ0) is 21.7. The van der Waals surface area contributed by atoms with Gasteiger partial charge in [0.15, 0.2) is 0 Å². The average Bonchev–Trinajstić information content (AvgIpc) is 3.15. The van der Waals surface area contributed by atoms with Crippen LogP contribution in [0.4, 0.5) is 5.69 Å². The second kappa shape index (κ2) is 9.82. The monoisotopic (exact) mass is 424 g/mol. The van der Waals surface area contributed by atoms with Crippen LogP contribution < -0.4 is 10.6 Å². The summed E-state index contributed by atoms with van der Waals surface area (Å²) in [5.74, 6) is -0.209. The van der Waals surface area contributed by atoms with Crippen LogP contribution in [0.15, 0.2) is 42.5 Å². The summed E-state index contributed by atoms with van der Waals surface area (Å²) in [4.78, 5) is 31.1. The first-order valence-electron chi connectivity index (χ1n) is 10.2. The van der Waals surface area contributed by atoms with E-state index in [1.54, 1.807) is 11.3 Å². The highest BCUT2D eigenvalue weighted by atomic mass is 32.1. The summed E-state index contributed by atoms with van der Waals surface area (Å²) < 4.78 is 1.17. The van der Waals surface area contributed by atoms with Gasteiger partial charge in [-0.25, -0.2) is 4.98 Å². The molecule has 0 radical (unpaired) electrons. The maximum absolute atomic E-state index is 12.7. The highest BCUT2D eigenvalue weighted by molar-refractivity contribution is 7.21. The fourth-order valence-corrected chi connectivity index (χ4v) is 4.29. The van der Waals surface area contributed by atoms with Gasteiger partial charge in [0, 0.05) is 17.8 Å². The van der Waals surface area contributed by atoms with E-state index in [-0.39, 0.29) is 18.4 Å². The number of carbonyl (C=O) groups excluding carboxylic acids is 2. The summed E-state index contributed by atoms with van der Waals surface area (Å²) in [5.41, 5.74) is 3.96. The van der Waals surface area contributed by atoms with Gasteiger partial charge in [-0.3, -0.25) is 14.5 Å². The Morgan fingerprint density at radius 1 is 1.13 bits per heavy atom. The molecule has 3 aromatic rings. The van der Waals surface area contributed by atoms with Crippen molar-refractivity contribution in [2.75, 3.05) is 25.0 Å². The third-order valence-corrected chi connectivity index (χ3v) is 6.06. The van der Waals surface area contributed by atoms with Crippen molar-refractivity contribution in [3.05, 3.63) is 48.0 Å². The summed E-state index contributed by atoms with van der Waals surface area (Å²) in [6, 6.07) is 13.6. The summed E-state index contributed by atoms with van der Waals surface area (Å²) >= 11 is 1.66. The summed E-state index contributed by atoms with van der Waals surface area (Å²) in [6.45, 7) is 9.11. The minimum absolute atomic E-state index is 0.0746. The van der Waals surface area contributed by atoms with E-state index < -0.39 is 6.04 Å². The highest BCUT2D eigenvalue weighted by Crippen LogP contribution is 2.31. The number of benzene rings is 2. The lowest BCUT2D eigenvalue weighted by atomic mass is 10.2. The first-order valence-corrected chi connectivity index (χ1v) is 11.0. The Hall–Kier alpha value is -2.77. The number of hydrogen-bond acceptors (Lipinski definition) is 5. The van der Waals surface area contributed by atoms with E-state index in [1.165, 1.54) is 10.3 Å². The second-order valence-electron chi connectivity index (χ2n) is 7.25. The average molecular weight is 425 g/mol. The number of carbonyl (C=O) groups is 2. The molecule has 1 aromatic heterocycles. The third-order valence-electron chi connectivity index (χ3n) is 5.00. The Bertz CT molecular complexity index is 1030. The van der Waals surface area contributed by atoms with Crippen LogP contribution in [0.2, 0.25) is 0 Å². The number of hydrogen-bond donors (Lipinski definition) is 2. The van der Waals surface area contributed by atoms with E-state index in [0.717, 1.165) is 21.8 Å². The standard InChI is InChI=1S/C23H28N4O2S/c1-5-24-21(28)14-27(6-2)16(4)22(29)25-18-10-8-17(9-11-18)23-26-19-12-7-15(3)13-20(19)30-23/h7-13,16H,5-6,14H2,1-4H3,(H,24,28)(H,25,29)/t16-/m1/s1. The molecular formula is C23H28N4O2S. The number of fused-ring (bicyclic) bond motifs is 1. The SMILES string of the molecule is CCNC(=O)CN(CC)[C@H](C)C(=O)Nc1ccc(-c2nc3ccc(C)cc3s2)cc1. The molecule has 1 atom stereocenters. The lowest BCUT2D eigenvalue weighted by Crippen LogP contribution is -2.46. The van der Waals surface area contributed by atoms with Gasteiger partial charge in [0.2, 0.25) is 11.8 Å². The molecule has 0 unspecified atom stereocenters. The Morgan fingerprint density at radius 2 is 1.87 bits per heavy atom. The third kappa shape index (κ3) is 5.23.